The van der Waals surface area contributed by atoms with Crippen molar-refractivity contribution in [3.63, 3.8) is 0 Å². The van der Waals surface area contributed by atoms with Crippen LogP contribution in [0, 0.1) is 17.8 Å². The molecule has 0 aromatic rings. The van der Waals surface area contributed by atoms with Gasteiger partial charge < -0.3 is 4.90 Å². The van der Waals surface area contributed by atoms with Gasteiger partial charge in [0.15, 0.2) is 0 Å². The Morgan fingerprint density at radius 1 is 1.12 bits per heavy atom. The van der Waals surface area contributed by atoms with Crippen molar-refractivity contribution in [3.05, 3.63) is 22.8 Å². The summed E-state index contributed by atoms with van der Waals surface area (Å²) in [6, 6.07) is 0. The fourth-order valence-corrected chi connectivity index (χ4v) is 9.62. The van der Waals surface area contributed by atoms with Gasteiger partial charge in [0.2, 0.25) is 0 Å². The first kappa shape index (κ1) is 14.8. The summed E-state index contributed by atoms with van der Waals surface area (Å²) >= 11 is 2.22. The molecule has 1 nitrogen and oxygen atoms in total. The average molecular weight is 342 g/mol. The summed E-state index contributed by atoms with van der Waals surface area (Å²) < 4.78 is 0.421. The summed E-state index contributed by atoms with van der Waals surface area (Å²) in [5, 5.41) is 2.63. The fraction of sp³-hybridized carbons (Fsp3) is 0.818. The zero-order chi connectivity index (χ0) is 16.2. The van der Waals surface area contributed by atoms with Gasteiger partial charge in [0.25, 0.3) is 0 Å². The lowest BCUT2D eigenvalue weighted by atomic mass is 9.58. The minimum atomic E-state index is 0.395. The Hall–Kier alpha value is -0.370. The monoisotopic (exact) mass is 341 g/mol. The lowest BCUT2D eigenvalue weighted by molar-refractivity contribution is -0.0863. The SMILES string of the molecule is CC1=CSC23CCCC=C2N2C45CCC12C(CC3)C(CCC4C)C5. The lowest BCUT2D eigenvalue weighted by Crippen LogP contribution is -2.67. The van der Waals surface area contributed by atoms with Crippen LogP contribution in [0.4, 0.5) is 0 Å². The summed E-state index contributed by atoms with van der Waals surface area (Å²) in [6.45, 7) is 5.08. The Balaban J connectivity index is 1.68. The van der Waals surface area contributed by atoms with E-state index in [9.17, 15) is 0 Å². The first-order valence-corrected chi connectivity index (χ1v) is 11.4. The maximum atomic E-state index is 3.14. The second-order valence-corrected chi connectivity index (χ2v) is 11.1. The molecule has 3 saturated heterocycles. The summed E-state index contributed by atoms with van der Waals surface area (Å²) in [7, 11) is 0. The topological polar surface area (TPSA) is 3.24 Å². The number of piperidine rings is 1. The number of nitrogens with zero attached hydrogens (tertiary/aromatic N) is 1. The van der Waals surface area contributed by atoms with Crippen molar-refractivity contribution >= 4 is 11.8 Å². The summed E-state index contributed by atoms with van der Waals surface area (Å²) in [4.78, 5) is 3.14. The van der Waals surface area contributed by atoms with Crippen molar-refractivity contribution in [2.24, 2.45) is 17.8 Å². The van der Waals surface area contributed by atoms with Crippen LogP contribution in [-0.2, 0) is 0 Å². The number of rotatable bonds is 0. The van der Waals surface area contributed by atoms with Crippen LogP contribution in [0.1, 0.15) is 78.1 Å². The molecule has 2 heteroatoms. The van der Waals surface area contributed by atoms with Crippen LogP contribution in [0.15, 0.2) is 22.8 Å². The van der Waals surface area contributed by atoms with Crippen LogP contribution in [0.3, 0.4) is 0 Å². The molecule has 4 aliphatic heterocycles. The summed E-state index contributed by atoms with van der Waals surface area (Å²) in [6.07, 6.45) is 17.2. The highest BCUT2D eigenvalue weighted by Gasteiger charge is 2.70. The molecule has 0 N–H and O–H groups in total. The molecule has 0 aromatic carbocycles. The minimum absolute atomic E-state index is 0.395. The molecule has 1 saturated carbocycles. The highest BCUT2D eigenvalue weighted by molar-refractivity contribution is 8.03. The smallest absolute Gasteiger partial charge is 0.0654 e. The van der Waals surface area contributed by atoms with Gasteiger partial charge in [-0.2, -0.15) is 0 Å². The number of thioether (sulfide) groups is 1. The third-order valence-electron chi connectivity index (χ3n) is 9.30. The van der Waals surface area contributed by atoms with Crippen LogP contribution in [-0.4, -0.2) is 20.7 Å². The molecule has 6 unspecified atom stereocenters. The van der Waals surface area contributed by atoms with Gasteiger partial charge in [-0.25, -0.2) is 0 Å². The van der Waals surface area contributed by atoms with Gasteiger partial charge in [-0.3, -0.25) is 0 Å². The second kappa shape index (κ2) is 4.48. The molecule has 1 spiro atoms. The van der Waals surface area contributed by atoms with Crippen molar-refractivity contribution in [2.75, 3.05) is 0 Å². The number of allylic oxidation sites excluding steroid dienone is 1. The highest BCUT2D eigenvalue weighted by Crippen LogP contribution is 2.71. The molecule has 24 heavy (non-hydrogen) atoms. The van der Waals surface area contributed by atoms with Gasteiger partial charge in [-0.05, 0) is 99.9 Å². The van der Waals surface area contributed by atoms with Gasteiger partial charge >= 0.3 is 0 Å². The molecule has 2 aliphatic carbocycles. The van der Waals surface area contributed by atoms with Gasteiger partial charge in [0.1, 0.15) is 0 Å². The van der Waals surface area contributed by atoms with Gasteiger partial charge in [0, 0.05) is 11.2 Å². The Kier molecular flexibility index (Phi) is 2.75. The maximum absolute atomic E-state index is 3.14. The number of hydrogen-bond donors (Lipinski definition) is 0. The van der Waals surface area contributed by atoms with Crippen LogP contribution in [0.2, 0.25) is 0 Å². The quantitative estimate of drug-likeness (QED) is 0.541. The number of hydrogen-bond acceptors (Lipinski definition) is 2. The highest BCUT2D eigenvalue weighted by atomic mass is 32.2. The third kappa shape index (κ3) is 1.42. The van der Waals surface area contributed by atoms with E-state index in [0.29, 0.717) is 15.8 Å². The molecule has 130 valence electrons. The van der Waals surface area contributed by atoms with E-state index in [1.54, 1.807) is 11.3 Å². The van der Waals surface area contributed by atoms with E-state index in [-0.39, 0.29) is 0 Å². The normalized spacial score (nSPS) is 54.6. The van der Waals surface area contributed by atoms with E-state index in [4.69, 9.17) is 0 Å². The maximum Gasteiger partial charge on any atom is 0.0654 e. The van der Waals surface area contributed by atoms with E-state index in [2.05, 4.69) is 42.0 Å². The largest absolute Gasteiger partial charge is 0.358 e. The fourth-order valence-electron chi connectivity index (χ4n) is 8.22. The Morgan fingerprint density at radius 2 is 2.04 bits per heavy atom. The van der Waals surface area contributed by atoms with Gasteiger partial charge in [0.05, 0.1) is 10.3 Å². The lowest BCUT2D eigenvalue weighted by Gasteiger charge is -2.64. The molecule has 4 heterocycles. The Bertz CT molecular complexity index is 665. The van der Waals surface area contributed by atoms with Gasteiger partial charge in [-0.1, -0.05) is 13.0 Å². The van der Waals surface area contributed by atoms with E-state index in [0.717, 1.165) is 17.8 Å². The predicted octanol–water partition coefficient (Wildman–Crippen LogP) is 5.88. The molecule has 0 radical (unpaired) electrons. The average Bonchev–Trinajstić information content (AvgIpc) is 2.73. The molecule has 6 atom stereocenters. The first-order chi connectivity index (χ1) is 11.6. The third-order valence-corrected chi connectivity index (χ3v) is 10.8. The summed E-state index contributed by atoms with van der Waals surface area (Å²) in [5.74, 6) is 2.82. The second-order valence-electron chi connectivity index (χ2n) is 9.85. The van der Waals surface area contributed by atoms with E-state index >= 15 is 0 Å². The van der Waals surface area contributed by atoms with E-state index < -0.39 is 0 Å². The number of fused-ring (bicyclic) bond motifs is 2. The molecular weight excluding hydrogens is 310 g/mol. The van der Waals surface area contributed by atoms with Crippen LogP contribution >= 0.6 is 11.8 Å². The zero-order valence-corrected chi connectivity index (χ0v) is 16.1. The first-order valence-electron chi connectivity index (χ1n) is 10.5. The molecule has 6 bridgehead atoms. The van der Waals surface area contributed by atoms with Crippen LogP contribution < -0.4 is 0 Å². The summed E-state index contributed by atoms with van der Waals surface area (Å²) in [5.41, 5.74) is 4.43. The van der Waals surface area contributed by atoms with Gasteiger partial charge in [-0.15, -0.1) is 11.8 Å². The molecule has 0 aromatic heterocycles. The Labute approximate surface area is 151 Å². The van der Waals surface area contributed by atoms with Crippen molar-refractivity contribution in [3.8, 4) is 0 Å². The van der Waals surface area contributed by atoms with Crippen molar-refractivity contribution in [1.82, 2.24) is 4.90 Å². The Morgan fingerprint density at radius 3 is 2.96 bits per heavy atom. The van der Waals surface area contributed by atoms with Crippen LogP contribution in [0.25, 0.3) is 0 Å². The van der Waals surface area contributed by atoms with Crippen molar-refractivity contribution in [1.29, 1.82) is 0 Å². The van der Waals surface area contributed by atoms with E-state index in [1.807, 2.05) is 0 Å². The molecule has 6 rings (SSSR count). The van der Waals surface area contributed by atoms with E-state index in [1.165, 1.54) is 64.2 Å². The molecule has 6 aliphatic rings. The van der Waals surface area contributed by atoms with Crippen molar-refractivity contribution in [2.45, 2.75) is 93.9 Å². The standard InChI is InChI=1S/C22H31NS/c1-15-6-7-17-13-20(15)11-12-22-16(2)14-24-21(10-8-18(17)22)9-4-3-5-19(21)23(20)22/h5,14-15,17-18H,3-4,6-13H2,1-2H3. The minimum Gasteiger partial charge on any atom is -0.358 e. The molecule has 4 fully saturated rings. The van der Waals surface area contributed by atoms with Crippen LogP contribution in [0.5, 0.6) is 0 Å². The molecule has 0 amide bonds. The zero-order valence-electron chi connectivity index (χ0n) is 15.3. The molecular formula is C22H31NS. The predicted molar refractivity (Wildman–Crippen MR) is 102 cm³/mol. The van der Waals surface area contributed by atoms with Crippen molar-refractivity contribution < 1.29 is 0 Å².